The minimum Gasteiger partial charge on any atom is -0.475 e. The van der Waals surface area contributed by atoms with Gasteiger partial charge in [-0.3, -0.25) is 10.1 Å². The van der Waals surface area contributed by atoms with Crippen LogP contribution in [0.5, 0.6) is 5.75 Å². The third kappa shape index (κ3) is 6.33. The standard InChI is InChI=1S/C12H8F7NO6S/c13-10(14)11(15,16)5-26-9(21)4-25-8-2-1-6(3-7(8)20(22)23)27(24)12(17,18)19/h1-3,10H,4-5H2. The van der Waals surface area contributed by atoms with Crippen molar-refractivity contribution in [2.45, 2.75) is 22.8 Å². The van der Waals surface area contributed by atoms with Crippen molar-refractivity contribution < 1.29 is 54.1 Å². The second-order valence-electron chi connectivity index (χ2n) is 4.61. The lowest BCUT2D eigenvalue weighted by Gasteiger charge is -2.15. The first-order valence-electron chi connectivity index (χ1n) is 6.47. The lowest BCUT2D eigenvalue weighted by atomic mass is 10.3. The van der Waals surface area contributed by atoms with E-state index >= 15 is 0 Å². The fraction of sp³-hybridized carbons (Fsp3) is 0.417. The van der Waals surface area contributed by atoms with Gasteiger partial charge in [-0.05, 0) is 12.1 Å². The van der Waals surface area contributed by atoms with Crippen molar-refractivity contribution in [3.05, 3.63) is 28.3 Å². The first kappa shape index (κ1) is 22.6. The molecule has 7 nitrogen and oxygen atoms in total. The van der Waals surface area contributed by atoms with Gasteiger partial charge in [-0.1, -0.05) is 0 Å². The second-order valence-corrected chi connectivity index (χ2v) is 6.08. The summed E-state index contributed by atoms with van der Waals surface area (Å²) in [5.41, 5.74) is -6.29. The van der Waals surface area contributed by atoms with Crippen LogP contribution in [0.4, 0.5) is 36.4 Å². The maximum absolute atomic E-state index is 12.6. The molecule has 0 bridgehead atoms. The van der Waals surface area contributed by atoms with Gasteiger partial charge in [0.2, 0.25) is 0 Å². The average Bonchev–Trinajstić information content (AvgIpc) is 2.56. The molecule has 0 amide bonds. The highest BCUT2D eigenvalue weighted by molar-refractivity contribution is 7.86. The molecule has 0 heterocycles. The Morgan fingerprint density at radius 2 is 1.81 bits per heavy atom. The molecule has 0 fully saturated rings. The lowest BCUT2D eigenvalue weighted by molar-refractivity contribution is -0.386. The summed E-state index contributed by atoms with van der Waals surface area (Å²) in [7, 11) is -3.57. The van der Waals surface area contributed by atoms with Gasteiger partial charge < -0.3 is 9.47 Å². The van der Waals surface area contributed by atoms with E-state index in [4.69, 9.17) is 0 Å². The first-order chi connectivity index (χ1) is 12.3. The molecule has 1 unspecified atom stereocenters. The van der Waals surface area contributed by atoms with Crippen LogP contribution in [0.3, 0.4) is 0 Å². The van der Waals surface area contributed by atoms with E-state index in [9.17, 15) is 49.9 Å². The Labute approximate surface area is 147 Å². The molecule has 0 aliphatic carbocycles. The third-order valence-corrected chi connectivity index (χ3v) is 3.74. The van der Waals surface area contributed by atoms with Gasteiger partial charge in [-0.2, -0.15) is 22.0 Å². The predicted molar refractivity (Wildman–Crippen MR) is 73.0 cm³/mol. The highest BCUT2D eigenvalue weighted by atomic mass is 32.2. The van der Waals surface area contributed by atoms with Crippen molar-refractivity contribution in [1.29, 1.82) is 0 Å². The van der Waals surface area contributed by atoms with E-state index in [0.717, 1.165) is 0 Å². The molecule has 0 spiro atoms. The Morgan fingerprint density at radius 1 is 1.22 bits per heavy atom. The number of ether oxygens (including phenoxy) is 2. The van der Waals surface area contributed by atoms with Crippen LogP contribution in [0, 0.1) is 10.1 Å². The summed E-state index contributed by atoms with van der Waals surface area (Å²) < 4.78 is 106. The van der Waals surface area contributed by atoms with Crippen LogP contribution in [0.25, 0.3) is 0 Å². The molecule has 1 aromatic carbocycles. The highest BCUT2D eigenvalue weighted by Crippen LogP contribution is 2.33. The number of alkyl halides is 7. The minimum absolute atomic E-state index is 0.287. The van der Waals surface area contributed by atoms with Crippen LogP contribution >= 0.6 is 0 Å². The van der Waals surface area contributed by atoms with Crippen LogP contribution in [0.2, 0.25) is 0 Å². The molecule has 1 rings (SSSR count). The Bertz CT molecular complexity index is 739. The highest BCUT2D eigenvalue weighted by Gasteiger charge is 2.42. The van der Waals surface area contributed by atoms with Crippen LogP contribution in [0.15, 0.2) is 23.1 Å². The SMILES string of the molecule is O=C(COc1ccc(S(=O)C(F)(F)F)cc1[N+](=O)[O-])OCC(F)(F)C(F)F. The number of hydrogen-bond acceptors (Lipinski definition) is 6. The predicted octanol–water partition coefficient (Wildman–Crippen LogP) is 3.04. The smallest absolute Gasteiger partial charge is 0.475 e. The van der Waals surface area contributed by atoms with E-state index < -0.39 is 69.1 Å². The van der Waals surface area contributed by atoms with Crippen LogP contribution in [0.1, 0.15) is 0 Å². The van der Waals surface area contributed by atoms with Crippen LogP contribution in [-0.4, -0.2) is 46.2 Å². The quantitative estimate of drug-likeness (QED) is 0.274. The number of halogens is 7. The molecule has 15 heteroatoms. The van der Waals surface area contributed by atoms with Gasteiger partial charge in [0, 0.05) is 6.07 Å². The van der Waals surface area contributed by atoms with E-state index in [1.807, 2.05) is 0 Å². The lowest BCUT2D eigenvalue weighted by Crippen LogP contribution is -2.34. The fourth-order valence-corrected chi connectivity index (χ4v) is 2.11. The molecule has 0 aliphatic rings. The Balaban J connectivity index is 2.85. The zero-order valence-electron chi connectivity index (χ0n) is 12.7. The van der Waals surface area contributed by atoms with Gasteiger partial charge in [0.15, 0.2) is 29.8 Å². The first-order valence-corrected chi connectivity index (χ1v) is 7.62. The van der Waals surface area contributed by atoms with Crippen LogP contribution in [-0.2, 0) is 20.3 Å². The van der Waals surface area contributed by atoms with E-state index in [1.165, 1.54) is 0 Å². The molecule has 0 saturated carbocycles. The van der Waals surface area contributed by atoms with Crippen molar-refractivity contribution in [2.24, 2.45) is 0 Å². The molecule has 0 N–H and O–H groups in total. The van der Waals surface area contributed by atoms with E-state index in [2.05, 4.69) is 9.47 Å². The van der Waals surface area contributed by atoms with E-state index in [1.54, 1.807) is 0 Å². The molecule has 0 saturated heterocycles. The zero-order chi connectivity index (χ0) is 21.0. The normalized spacial score (nSPS) is 13.3. The Morgan fingerprint density at radius 3 is 2.30 bits per heavy atom. The molecular weight excluding hydrogens is 419 g/mol. The summed E-state index contributed by atoms with van der Waals surface area (Å²) in [4.78, 5) is 19.9. The van der Waals surface area contributed by atoms with Crippen LogP contribution < -0.4 is 4.74 Å². The summed E-state index contributed by atoms with van der Waals surface area (Å²) >= 11 is 0. The van der Waals surface area contributed by atoms with Gasteiger partial charge in [0.05, 0.1) is 9.82 Å². The van der Waals surface area contributed by atoms with Gasteiger partial charge in [-0.15, -0.1) is 0 Å². The summed E-state index contributed by atoms with van der Waals surface area (Å²) in [6.07, 6.45) is -4.10. The maximum atomic E-state index is 12.6. The number of benzene rings is 1. The van der Waals surface area contributed by atoms with E-state index in [-0.39, 0.29) is 6.07 Å². The second kappa shape index (κ2) is 8.49. The number of nitro benzene ring substituents is 1. The van der Waals surface area contributed by atoms with Crippen molar-refractivity contribution in [3.63, 3.8) is 0 Å². The minimum atomic E-state index is -5.18. The number of hydrogen-bond donors (Lipinski definition) is 0. The molecule has 0 aromatic heterocycles. The number of carbonyl (C=O) groups is 1. The number of esters is 1. The monoisotopic (exact) mass is 427 g/mol. The Kier molecular flexibility index (Phi) is 7.11. The van der Waals surface area contributed by atoms with Crippen molar-refractivity contribution in [2.75, 3.05) is 13.2 Å². The number of rotatable bonds is 8. The third-order valence-electron chi connectivity index (χ3n) is 2.64. The summed E-state index contributed by atoms with van der Waals surface area (Å²) in [5, 5.41) is 10.9. The maximum Gasteiger partial charge on any atom is 0.475 e. The van der Waals surface area contributed by atoms with Crippen molar-refractivity contribution in [1.82, 2.24) is 0 Å². The van der Waals surface area contributed by atoms with Gasteiger partial charge in [0.1, 0.15) is 0 Å². The average molecular weight is 427 g/mol. The van der Waals surface area contributed by atoms with Gasteiger partial charge in [0.25, 0.3) is 0 Å². The summed E-state index contributed by atoms with van der Waals surface area (Å²) in [5.74, 6) is -6.97. The summed E-state index contributed by atoms with van der Waals surface area (Å²) in [6.45, 7) is -3.21. The molecule has 0 aliphatic heterocycles. The number of carbonyl (C=O) groups excluding carboxylic acids is 1. The number of nitrogens with zero attached hydrogens (tertiary/aromatic N) is 1. The van der Waals surface area contributed by atoms with Gasteiger partial charge >= 0.3 is 29.5 Å². The topological polar surface area (TPSA) is 95.7 Å². The number of nitro groups is 1. The molecule has 27 heavy (non-hydrogen) atoms. The molecule has 152 valence electrons. The largest absolute Gasteiger partial charge is 0.475 e. The molecule has 1 aromatic rings. The molecular formula is C12H8F7NO6S. The zero-order valence-corrected chi connectivity index (χ0v) is 13.5. The Hall–Kier alpha value is -2.45. The fourth-order valence-electron chi connectivity index (χ4n) is 1.43. The summed E-state index contributed by atoms with van der Waals surface area (Å²) in [6, 6.07) is 1.45. The molecule has 1 atom stereocenters. The van der Waals surface area contributed by atoms with E-state index in [0.29, 0.717) is 12.1 Å². The van der Waals surface area contributed by atoms with Crippen molar-refractivity contribution in [3.8, 4) is 5.75 Å². The molecule has 0 radical (unpaired) electrons. The van der Waals surface area contributed by atoms with Gasteiger partial charge in [-0.25, -0.2) is 17.8 Å². The van der Waals surface area contributed by atoms with Crippen molar-refractivity contribution >= 4 is 22.5 Å².